The van der Waals surface area contributed by atoms with Gasteiger partial charge in [-0.05, 0) is 31.0 Å². The molecule has 5 heteroatoms. The highest BCUT2D eigenvalue weighted by Gasteiger charge is 2.27. The number of benzene rings is 1. The van der Waals surface area contributed by atoms with Crippen LogP contribution in [0.5, 0.6) is 5.75 Å². The van der Waals surface area contributed by atoms with Gasteiger partial charge in [0.05, 0.1) is 7.11 Å². The minimum Gasteiger partial charge on any atom is -0.497 e. The molecule has 0 atom stereocenters. The summed E-state index contributed by atoms with van der Waals surface area (Å²) in [7, 11) is 1.64. The van der Waals surface area contributed by atoms with Crippen molar-refractivity contribution in [1.82, 2.24) is 14.8 Å². The van der Waals surface area contributed by atoms with Gasteiger partial charge in [-0.1, -0.05) is 0 Å². The predicted molar refractivity (Wildman–Crippen MR) is 64.7 cm³/mol. The molecule has 88 valence electrons. The van der Waals surface area contributed by atoms with Gasteiger partial charge in [0.2, 0.25) is 0 Å². The lowest BCUT2D eigenvalue weighted by Crippen LogP contribution is -1.99. The summed E-state index contributed by atoms with van der Waals surface area (Å²) in [6.45, 7) is 0. The summed E-state index contributed by atoms with van der Waals surface area (Å²) in [6, 6.07) is 6.11. The SMILES string of the molecule is COc1ccc(N)c(-c2nncn2C2CC2)c1. The molecule has 1 aromatic carbocycles. The highest BCUT2D eigenvalue weighted by molar-refractivity contribution is 5.73. The van der Waals surface area contributed by atoms with E-state index in [-0.39, 0.29) is 0 Å². The number of hydrogen-bond acceptors (Lipinski definition) is 4. The zero-order valence-corrected chi connectivity index (χ0v) is 9.63. The number of nitrogens with zero attached hydrogens (tertiary/aromatic N) is 3. The molecule has 1 fully saturated rings. The van der Waals surface area contributed by atoms with E-state index in [4.69, 9.17) is 10.5 Å². The molecule has 2 N–H and O–H groups in total. The molecule has 3 rings (SSSR count). The lowest BCUT2D eigenvalue weighted by atomic mass is 10.1. The molecule has 0 spiro atoms. The van der Waals surface area contributed by atoms with Gasteiger partial charge in [0.15, 0.2) is 5.82 Å². The minimum atomic E-state index is 0.533. The first kappa shape index (κ1) is 10.1. The van der Waals surface area contributed by atoms with Crippen LogP contribution >= 0.6 is 0 Å². The molecule has 1 saturated carbocycles. The molecule has 1 aliphatic carbocycles. The fourth-order valence-electron chi connectivity index (χ4n) is 1.91. The monoisotopic (exact) mass is 230 g/mol. The zero-order valence-electron chi connectivity index (χ0n) is 9.63. The first-order valence-electron chi connectivity index (χ1n) is 5.63. The molecule has 0 amide bonds. The van der Waals surface area contributed by atoms with Gasteiger partial charge in [-0.3, -0.25) is 0 Å². The topological polar surface area (TPSA) is 66.0 Å². The summed E-state index contributed by atoms with van der Waals surface area (Å²) in [5, 5.41) is 8.13. The number of ether oxygens (including phenoxy) is 1. The maximum absolute atomic E-state index is 5.99. The maximum Gasteiger partial charge on any atom is 0.166 e. The van der Waals surface area contributed by atoms with Gasteiger partial charge < -0.3 is 15.0 Å². The van der Waals surface area contributed by atoms with Gasteiger partial charge in [0.1, 0.15) is 12.1 Å². The molecule has 0 bridgehead atoms. The molecule has 0 unspecified atom stereocenters. The van der Waals surface area contributed by atoms with Crippen molar-refractivity contribution in [3.63, 3.8) is 0 Å². The van der Waals surface area contributed by atoms with Crippen molar-refractivity contribution in [2.24, 2.45) is 0 Å². The third-order valence-corrected chi connectivity index (χ3v) is 3.01. The van der Waals surface area contributed by atoms with Gasteiger partial charge in [0, 0.05) is 17.3 Å². The number of hydrogen-bond donors (Lipinski definition) is 1. The summed E-state index contributed by atoms with van der Waals surface area (Å²) >= 11 is 0. The Morgan fingerprint density at radius 2 is 2.24 bits per heavy atom. The average molecular weight is 230 g/mol. The summed E-state index contributed by atoms with van der Waals surface area (Å²) in [4.78, 5) is 0. The van der Waals surface area contributed by atoms with E-state index in [1.807, 2.05) is 18.2 Å². The van der Waals surface area contributed by atoms with E-state index < -0.39 is 0 Å². The average Bonchev–Trinajstić information content (AvgIpc) is 3.08. The second-order valence-corrected chi connectivity index (χ2v) is 4.25. The summed E-state index contributed by atoms with van der Waals surface area (Å²) < 4.78 is 7.30. The van der Waals surface area contributed by atoms with Crippen LogP contribution in [0, 0.1) is 0 Å². The fraction of sp³-hybridized carbons (Fsp3) is 0.333. The van der Waals surface area contributed by atoms with Gasteiger partial charge in [-0.2, -0.15) is 0 Å². The number of nitrogens with two attached hydrogens (primary N) is 1. The first-order chi connectivity index (χ1) is 8.29. The van der Waals surface area contributed by atoms with Gasteiger partial charge in [-0.15, -0.1) is 10.2 Å². The van der Waals surface area contributed by atoms with Gasteiger partial charge >= 0.3 is 0 Å². The fourth-order valence-corrected chi connectivity index (χ4v) is 1.91. The third-order valence-electron chi connectivity index (χ3n) is 3.01. The van der Waals surface area contributed by atoms with Crippen LogP contribution in [0.3, 0.4) is 0 Å². The molecule has 2 aromatic rings. The second-order valence-electron chi connectivity index (χ2n) is 4.25. The van der Waals surface area contributed by atoms with E-state index in [1.54, 1.807) is 13.4 Å². The van der Waals surface area contributed by atoms with Gasteiger partial charge in [0.25, 0.3) is 0 Å². The smallest absolute Gasteiger partial charge is 0.166 e. The van der Waals surface area contributed by atoms with Crippen LogP contribution in [0.1, 0.15) is 18.9 Å². The van der Waals surface area contributed by atoms with Crippen molar-refractivity contribution in [1.29, 1.82) is 0 Å². The van der Waals surface area contributed by atoms with Crippen molar-refractivity contribution in [3.8, 4) is 17.1 Å². The molecule has 1 heterocycles. The second kappa shape index (κ2) is 3.76. The van der Waals surface area contributed by atoms with Crippen LogP contribution in [0.2, 0.25) is 0 Å². The van der Waals surface area contributed by atoms with E-state index in [0.717, 1.165) is 17.1 Å². The lowest BCUT2D eigenvalue weighted by Gasteiger charge is -2.09. The molecule has 5 nitrogen and oxygen atoms in total. The quantitative estimate of drug-likeness (QED) is 0.817. The van der Waals surface area contributed by atoms with Crippen LogP contribution in [-0.4, -0.2) is 21.9 Å². The Labute approximate surface area is 99.2 Å². The van der Waals surface area contributed by atoms with Crippen LogP contribution in [0.4, 0.5) is 5.69 Å². The highest BCUT2D eigenvalue weighted by atomic mass is 16.5. The van der Waals surface area contributed by atoms with E-state index in [9.17, 15) is 0 Å². The van der Waals surface area contributed by atoms with Crippen molar-refractivity contribution < 1.29 is 4.74 Å². The summed E-state index contributed by atoms with van der Waals surface area (Å²) in [6.07, 6.45) is 4.15. The van der Waals surface area contributed by atoms with Crippen LogP contribution in [0.25, 0.3) is 11.4 Å². The highest BCUT2D eigenvalue weighted by Crippen LogP contribution is 2.39. The van der Waals surface area contributed by atoms with Gasteiger partial charge in [-0.25, -0.2) is 0 Å². The van der Waals surface area contributed by atoms with E-state index in [0.29, 0.717) is 11.7 Å². The Bertz CT molecular complexity index is 545. The van der Waals surface area contributed by atoms with Crippen LogP contribution in [0.15, 0.2) is 24.5 Å². The molecular formula is C12H14N4O. The summed E-state index contributed by atoms with van der Waals surface area (Å²) in [5.74, 6) is 1.60. The molecule has 0 saturated heterocycles. The molecule has 1 aliphatic rings. The van der Waals surface area contributed by atoms with Crippen molar-refractivity contribution in [2.75, 3.05) is 12.8 Å². The van der Waals surface area contributed by atoms with E-state index in [2.05, 4.69) is 14.8 Å². The standard InChI is InChI=1S/C12H14N4O/c1-17-9-4-5-11(13)10(6-9)12-15-14-7-16(12)8-2-3-8/h4-8H,2-3,13H2,1H3. The first-order valence-corrected chi connectivity index (χ1v) is 5.63. The molecular weight excluding hydrogens is 216 g/mol. The van der Waals surface area contributed by atoms with E-state index in [1.165, 1.54) is 12.8 Å². The normalized spacial score (nSPS) is 14.9. The lowest BCUT2D eigenvalue weighted by molar-refractivity contribution is 0.415. The molecule has 0 radical (unpaired) electrons. The molecule has 17 heavy (non-hydrogen) atoms. The Hall–Kier alpha value is -2.04. The summed E-state index contributed by atoms with van der Waals surface area (Å²) in [5.41, 5.74) is 7.57. The van der Waals surface area contributed by atoms with Crippen molar-refractivity contribution in [3.05, 3.63) is 24.5 Å². The Morgan fingerprint density at radius 3 is 2.94 bits per heavy atom. The van der Waals surface area contributed by atoms with Crippen LogP contribution < -0.4 is 10.5 Å². The largest absolute Gasteiger partial charge is 0.497 e. The predicted octanol–water partition coefficient (Wildman–Crippen LogP) is 1.87. The maximum atomic E-state index is 5.99. The molecule has 1 aromatic heterocycles. The number of nitrogen functional groups attached to an aromatic ring is 1. The number of methoxy groups -OCH3 is 1. The third kappa shape index (κ3) is 1.73. The van der Waals surface area contributed by atoms with Crippen molar-refractivity contribution >= 4 is 5.69 Å². The number of rotatable bonds is 3. The Morgan fingerprint density at radius 1 is 1.41 bits per heavy atom. The number of aromatic nitrogens is 3. The Kier molecular flexibility index (Phi) is 2.24. The zero-order chi connectivity index (χ0) is 11.8. The van der Waals surface area contributed by atoms with Crippen LogP contribution in [-0.2, 0) is 0 Å². The van der Waals surface area contributed by atoms with Crippen molar-refractivity contribution in [2.45, 2.75) is 18.9 Å². The molecule has 0 aliphatic heterocycles. The number of anilines is 1. The van der Waals surface area contributed by atoms with E-state index >= 15 is 0 Å². The minimum absolute atomic E-state index is 0.533. The Balaban J connectivity index is 2.10.